The first-order chi connectivity index (χ1) is 17.9. The molecule has 7 nitrogen and oxygen atoms in total. The van der Waals surface area contributed by atoms with E-state index in [1.807, 2.05) is 65.6 Å². The Bertz CT molecular complexity index is 1240. The van der Waals surface area contributed by atoms with Gasteiger partial charge in [0.15, 0.2) is 0 Å². The Morgan fingerprint density at radius 2 is 1.32 bits per heavy atom. The molecule has 2 heterocycles. The number of piperidine rings is 1. The average molecular weight is 508 g/mol. The van der Waals surface area contributed by atoms with Crippen LogP contribution in [0.25, 0.3) is 0 Å². The summed E-state index contributed by atoms with van der Waals surface area (Å²) < 4.78 is 47.0. The Hall–Kier alpha value is -4.34. The van der Waals surface area contributed by atoms with Crippen LogP contribution in [0.1, 0.15) is 12.8 Å². The number of hydrogen-bond acceptors (Lipinski definition) is 7. The summed E-state index contributed by atoms with van der Waals surface area (Å²) in [6.45, 7) is 1.33. The van der Waals surface area contributed by atoms with Crippen LogP contribution < -0.4 is 19.3 Å². The van der Waals surface area contributed by atoms with Gasteiger partial charge in [0.1, 0.15) is 23.9 Å². The second-order valence-corrected chi connectivity index (χ2v) is 8.42. The molecule has 0 radical (unpaired) electrons. The first kappa shape index (κ1) is 24.4. The van der Waals surface area contributed by atoms with Crippen LogP contribution in [0.4, 0.5) is 36.4 Å². The molecule has 0 amide bonds. The normalized spacial score (nSPS) is 14.3. The Kier molecular flexibility index (Phi) is 7.07. The van der Waals surface area contributed by atoms with Gasteiger partial charge in [-0.25, -0.2) is 9.97 Å². The van der Waals surface area contributed by atoms with Crippen molar-refractivity contribution in [2.45, 2.75) is 25.3 Å². The molecule has 0 saturated carbocycles. The minimum absolute atomic E-state index is 0.0721. The molecule has 1 saturated heterocycles. The number of rotatable bonds is 7. The minimum Gasteiger partial charge on any atom is -0.490 e. The highest BCUT2D eigenvalue weighted by Crippen LogP contribution is 2.32. The van der Waals surface area contributed by atoms with Crippen molar-refractivity contribution in [2.75, 3.05) is 22.9 Å². The molecule has 37 heavy (non-hydrogen) atoms. The second-order valence-electron chi connectivity index (χ2n) is 8.42. The molecule has 0 aliphatic carbocycles. The van der Waals surface area contributed by atoms with Crippen LogP contribution in [0, 0.1) is 0 Å². The van der Waals surface area contributed by atoms with Gasteiger partial charge in [0.2, 0.25) is 11.9 Å². The minimum atomic E-state index is -4.72. The van der Waals surface area contributed by atoms with E-state index in [4.69, 9.17) is 9.72 Å². The molecule has 1 aliphatic rings. The number of para-hydroxylation sites is 2. The van der Waals surface area contributed by atoms with Gasteiger partial charge < -0.3 is 14.4 Å². The molecule has 0 N–H and O–H groups in total. The molecule has 0 spiro atoms. The molecule has 1 fully saturated rings. The number of anilines is 4. The Morgan fingerprint density at radius 3 is 1.89 bits per heavy atom. The van der Waals surface area contributed by atoms with E-state index in [0.717, 1.165) is 11.4 Å². The molecule has 190 valence electrons. The summed E-state index contributed by atoms with van der Waals surface area (Å²) >= 11 is 0. The van der Waals surface area contributed by atoms with Gasteiger partial charge in [0.05, 0.1) is 0 Å². The number of benzene rings is 3. The van der Waals surface area contributed by atoms with Crippen LogP contribution >= 0.6 is 0 Å². The molecular weight excluding hydrogens is 483 g/mol. The first-order valence-electron chi connectivity index (χ1n) is 11.8. The van der Waals surface area contributed by atoms with Gasteiger partial charge in [-0.1, -0.05) is 36.4 Å². The van der Waals surface area contributed by atoms with Crippen LogP contribution in [0.5, 0.6) is 11.5 Å². The zero-order chi connectivity index (χ0) is 25.7. The largest absolute Gasteiger partial charge is 0.573 e. The number of aromatic nitrogens is 3. The molecule has 5 rings (SSSR count). The molecule has 0 bridgehead atoms. The molecule has 10 heteroatoms. The van der Waals surface area contributed by atoms with E-state index in [1.165, 1.54) is 30.6 Å². The maximum atomic E-state index is 12.4. The van der Waals surface area contributed by atoms with Crippen LogP contribution in [-0.4, -0.2) is 40.5 Å². The van der Waals surface area contributed by atoms with Crippen molar-refractivity contribution in [3.63, 3.8) is 0 Å². The Balaban J connectivity index is 1.25. The molecule has 1 aromatic heterocycles. The summed E-state index contributed by atoms with van der Waals surface area (Å²) in [5.74, 6) is 1.31. The summed E-state index contributed by atoms with van der Waals surface area (Å²) in [6.07, 6.45) is -1.85. The van der Waals surface area contributed by atoms with E-state index < -0.39 is 6.36 Å². The highest BCUT2D eigenvalue weighted by molar-refractivity contribution is 5.72. The third-order valence-electron chi connectivity index (χ3n) is 5.86. The fourth-order valence-electron chi connectivity index (χ4n) is 4.16. The Labute approximate surface area is 212 Å². The molecular formula is C27H24F3N5O2. The summed E-state index contributed by atoms with van der Waals surface area (Å²) in [5, 5.41) is 0. The monoisotopic (exact) mass is 507 g/mol. The summed E-state index contributed by atoms with van der Waals surface area (Å²) in [6, 6.07) is 25.2. The van der Waals surface area contributed by atoms with Crippen molar-refractivity contribution in [3.05, 3.63) is 91.3 Å². The van der Waals surface area contributed by atoms with E-state index >= 15 is 0 Å². The van der Waals surface area contributed by atoms with Crippen LogP contribution in [-0.2, 0) is 0 Å². The van der Waals surface area contributed by atoms with Crippen molar-refractivity contribution in [1.29, 1.82) is 0 Å². The number of ether oxygens (including phenoxy) is 2. The third kappa shape index (κ3) is 6.27. The molecule has 0 unspecified atom stereocenters. The van der Waals surface area contributed by atoms with E-state index in [2.05, 4.69) is 19.6 Å². The molecule has 1 aliphatic heterocycles. The van der Waals surface area contributed by atoms with Gasteiger partial charge in [-0.2, -0.15) is 4.98 Å². The highest BCUT2D eigenvalue weighted by Gasteiger charge is 2.31. The van der Waals surface area contributed by atoms with Crippen LogP contribution in [0.15, 0.2) is 91.3 Å². The van der Waals surface area contributed by atoms with Gasteiger partial charge in [-0.05, 0) is 48.5 Å². The van der Waals surface area contributed by atoms with E-state index in [0.29, 0.717) is 43.6 Å². The number of nitrogens with zero attached hydrogens (tertiary/aromatic N) is 5. The maximum absolute atomic E-state index is 12.4. The van der Waals surface area contributed by atoms with Crippen LogP contribution in [0.3, 0.4) is 0 Å². The van der Waals surface area contributed by atoms with Gasteiger partial charge in [0.25, 0.3) is 0 Å². The van der Waals surface area contributed by atoms with Gasteiger partial charge in [-0.3, -0.25) is 4.90 Å². The highest BCUT2D eigenvalue weighted by atomic mass is 19.4. The fourth-order valence-corrected chi connectivity index (χ4v) is 4.16. The number of hydrogen-bond donors (Lipinski definition) is 0. The smallest absolute Gasteiger partial charge is 0.490 e. The van der Waals surface area contributed by atoms with Crippen LogP contribution in [0.2, 0.25) is 0 Å². The summed E-state index contributed by atoms with van der Waals surface area (Å²) in [7, 11) is 0. The van der Waals surface area contributed by atoms with E-state index in [1.54, 1.807) is 0 Å². The molecule has 4 aromatic rings. The third-order valence-corrected chi connectivity index (χ3v) is 5.86. The average Bonchev–Trinajstić information content (AvgIpc) is 2.91. The van der Waals surface area contributed by atoms with Crippen molar-refractivity contribution in [3.8, 4) is 11.5 Å². The second kappa shape index (κ2) is 10.7. The molecule has 3 aromatic carbocycles. The van der Waals surface area contributed by atoms with Crippen molar-refractivity contribution >= 4 is 23.3 Å². The Morgan fingerprint density at radius 1 is 0.757 bits per heavy atom. The number of alkyl halides is 3. The predicted octanol–water partition coefficient (Wildman–Crippen LogP) is 6.29. The standard InChI is InChI=1S/C27H24F3N5O2/c28-27(29,30)37-24-13-11-22(12-14-24)36-23-15-17-34(18-16-23)25-31-19-32-26(33-25)35(20-7-3-1-4-8-20)21-9-5-2-6-10-21/h1-14,19,23H,15-18H2. The van der Waals surface area contributed by atoms with Gasteiger partial charge in [0, 0.05) is 37.3 Å². The first-order valence-corrected chi connectivity index (χ1v) is 11.8. The summed E-state index contributed by atoms with van der Waals surface area (Å²) in [5.41, 5.74) is 1.87. The lowest BCUT2D eigenvalue weighted by molar-refractivity contribution is -0.274. The lowest BCUT2D eigenvalue weighted by Gasteiger charge is -2.32. The van der Waals surface area contributed by atoms with E-state index in [9.17, 15) is 13.2 Å². The van der Waals surface area contributed by atoms with Crippen molar-refractivity contribution in [1.82, 2.24) is 15.0 Å². The molecule has 0 atom stereocenters. The maximum Gasteiger partial charge on any atom is 0.573 e. The lowest BCUT2D eigenvalue weighted by atomic mass is 10.1. The zero-order valence-corrected chi connectivity index (χ0v) is 19.8. The van der Waals surface area contributed by atoms with Gasteiger partial charge >= 0.3 is 6.36 Å². The van der Waals surface area contributed by atoms with Crippen molar-refractivity contribution in [2.24, 2.45) is 0 Å². The fraction of sp³-hybridized carbons (Fsp3) is 0.222. The zero-order valence-electron chi connectivity index (χ0n) is 19.8. The summed E-state index contributed by atoms with van der Waals surface area (Å²) in [4.78, 5) is 17.7. The predicted molar refractivity (Wildman–Crippen MR) is 133 cm³/mol. The number of halogens is 3. The SMILES string of the molecule is FC(F)(F)Oc1ccc(OC2CCN(c3ncnc(N(c4ccccc4)c4ccccc4)n3)CC2)cc1. The lowest BCUT2D eigenvalue weighted by Crippen LogP contribution is -2.39. The topological polar surface area (TPSA) is 63.6 Å². The van der Waals surface area contributed by atoms with E-state index in [-0.39, 0.29) is 11.9 Å². The van der Waals surface area contributed by atoms with Gasteiger partial charge in [-0.15, -0.1) is 13.2 Å². The van der Waals surface area contributed by atoms with Crippen molar-refractivity contribution < 1.29 is 22.6 Å². The quantitative estimate of drug-likeness (QED) is 0.291.